The van der Waals surface area contributed by atoms with Crippen LogP contribution >= 0.6 is 12.6 Å². The molecule has 0 saturated heterocycles. The van der Waals surface area contributed by atoms with Crippen molar-refractivity contribution in [2.45, 2.75) is 4.90 Å². The van der Waals surface area contributed by atoms with Crippen LogP contribution in [0.1, 0.15) is 0 Å². The van der Waals surface area contributed by atoms with Crippen LogP contribution < -0.4 is 0 Å². The van der Waals surface area contributed by atoms with Gasteiger partial charge in [0.25, 0.3) is 0 Å². The van der Waals surface area contributed by atoms with E-state index in [1.54, 1.807) is 0 Å². The molecule has 0 atom stereocenters. The lowest BCUT2D eigenvalue weighted by atomic mass is 9.95. The maximum atomic E-state index is 14.2. The molecule has 3 aromatic carbocycles. The van der Waals surface area contributed by atoms with E-state index in [0.29, 0.717) is 4.90 Å². The molecule has 24 heavy (non-hydrogen) atoms. The SMILES string of the molecule is Fc1c(F)c(F)c2c(-c3ccc(S)cc3)c(F)c(F)c(F)c2c1F. The number of benzene rings is 3. The van der Waals surface area contributed by atoms with Crippen molar-refractivity contribution in [3.8, 4) is 11.1 Å². The normalized spacial score (nSPS) is 11.3. The first-order valence-corrected chi connectivity index (χ1v) is 6.82. The standard InChI is InChI=1S/C16H5F7S/c17-10-7(5-1-3-6(24)4-2-5)8-9(12(19)14(10)21)13(20)16(23)15(22)11(8)18/h1-4,24H. The Labute approximate surface area is 135 Å². The molecule has 3 rings (SSSR count). The van der Waals surface area contributed by atoms with Gasteiger partial charge in [0.2, 0.25) is 0 Å². The Morgan fingerprint density at radius 2 is 0.917 bits per heavy atom. The van der Waals surface area contributed by atoms with Gasteiger partial charge in [-0.3, -0.25) is 0 Å². The van der Waals surface area contributed by atoms with Gasteiger partial charge < -0.3 is 0 Å². The van der Waals surface area contributed by atoms with Gasteiger partial charge in [-0.25, -0.2) is 30.7 Å². The molecule has 0 bridgehead atoms. The van der Waals surface area contributed by atoms with Crippen molar-refractivity contribution in [2.24, 2.45) is 0 Å². The lowest BCUT2D eigenvalue weighted by Crippen LogP contribution is -2.06. The Morgan fingerprint density at radius 1 is 0.500 bits per heavy atom. The first kappa shape index (κ1) is 16.6. The van der Waals surface area contributed by atoms with E-state index < -0.39 is 57.1 Å². The van der Waals surface area contributed by atoms with Crippen molar-refractivity contribution in [3.05, 3.63) is 65.0 Å². The Bertz CT molecular complexity index is 973. The fraction of sp³-hybridized carbons (Fsp3) is 0. The Morgan fingerprint density at radius 3 is 1.42 bits per heavy atom. The highest BCUT2D eigenvalue weighted by Gasteiger charge is 2.30. The second-order valence-electron chi connectivity index (χ2n) is 4.87. The molecule has 0 unspecified atom stereocenters. The quantitative estimate of drug-likeness (QED) is 0.242. The zero-order chi connectivity index (χ0) is 17.8. The topological polar surface area (TPSA) is 0 Å². The van der Waals surface area contributed by atoms with E-state index >= 15 is 0 Å². The van der Waals surface area contributed by atoms with Crippen LogP contribution in [0.5, 0.6) is 0 Å². The van der Waals surface area contributed by atoms with Gasteiger partial charge in [0.05, 0.1) is 5.39 Å². The molecule has 3 aromatic rings. The molecular formula is C16H5F7S. The second-order valence-corrected chi connectivity index (χ2v) is 5.39. The number of hydrogen-bond acceptors (Lipinski definition) is 1. The first-order valence-electron chi connectivity index (χ1n) is 6.37. The zero-order valence-corrected chi connectivity index (χ0v) is 12.3. The number of hydrogen-bond donors (Lipinski definition) is 1. The minimum Gasteiger partial charge on any atom is -0.203 e. The van der Waals surface area contributed by atoms with Crippen LogP contribution in [-0.2, 0) is 0 Å². The summed E-state index contributed by atoms with van der Waals surface area (Å²) in [6.45, 7) is 0. The van der Waals surface area contributed by atoms with Gasteiger partial charge in [-0.1, -0.05) is 12.1 Å². The minimum atomic E-state index is -2.32. The Hall–Kier alpha value is -2.22. The molecule has 0 aliphatic carbocycles. The van der Waals surface area contributed by atoms with Gasteiger partial charge in [-0.05, 0) is 17.7 Å². The smallest absolute Gasteiger partial charge is 0.198 e. The predicted molar refractivity (Wildman–Crippen MR) is 76.3 cm³/mol. The van der Waals surface area contributed by atoms with Crippen LogP contribution in [0.2, 0.25) is 0 Å². The molecule has 0 N–H and O–H groups in total. The Balaban J connectivity index is 2.61. The molecule has 0 radical (unpaired) electrons. The van der Waals surface area contributed by atoms with Crippen LogP contribution in [0.15, 0.2) is 29.2 Å². The summed E-state index contributed by atoms with van der Waals surface area (Å²) in [5, 5.41) is -2.73. The molecule has 0 saturated carbocycles. The summed E-state index contributed by atoms with van der Waals surface area (Å²) < 4.78 is 96.6. The molecular weight excluding hydrogens is 357 g/mol. The monoisotopic (exact) mass is 362 g/mol. The minimum absolute atomic E-state index is 0.196. The van der Waals surface area contributed by atoms with E-state index in [0.717, 1.165) is 12.1 Å². The van der Waals surface area contributed by atoms with Gasteiger partial charge in [-0.2, -0.15) is 0 Å². The van der Waals surface area contributed by atoms with E-state index in [2.05, 4.69) is 12.6 Å². The predicted octanol–water partition coefficient (Wildman–Crippen LogP) is 5.77. The van der Waals surface area contributed by atoms with Crippen LogP contribution in [0, 0.1) is 40.7 Å². The summed E-state index contributed by atoms with van der Waals surface area (Å²) in [6, 6.07) is 4.96. The van der Waals surface area contributed by atoms with E-state index in [-0.39, 0.29) is 5.56 Å². The van der Waals surface area contributed by atoms with E-state index in [9.17, 15) is 30.7 Å². The molecule has 0 heterocycles. The summed E-state index contributed by atoms with van der Waals surface area (Å²) in [7, 11) is 0. The molecule has 8 heteroatoms. The number of halogens is 7. The maximum absolute atomic E-state index is 14.2. The van der Waals surface area contributed by atoms with Crippen molar-refractivity contribution < 1.29 is 30.7 Å². The summed E-state index contributed by atoms with van der Waals surface area (Å²) in [5.41, 5.74) is -1.12. The number of rotatable bonds is 1. The number of fused-ring (bicyclic) bond motifs is 1. The fourth-order valence-corrected chi connectivity index (χ4v) is 2.55. The van der Waals surface area contributed by atoms with Crippen molar-refractivity contribution in [1.29, 1.82) is 0 Å². The fourth-order valence-electron chi connectivity index (χ4n) is 2.40. The van der Waals surface area contributed by atoms with Gasteiger partial charge in [0.1, 0.15) is 0 Å². The molecule has 0 amide bonds. The van der Waals surface area contributed by atoms with Gasteiger partial charge in [0, 0.05) is 15.8 Å². The third kappa shape index (κ3) is 2.24. The molecule has 0 fully saturated rings. The average Bonchev–Trinajstić information content (AvgIpc) is 2.57. The zero-order valence-electron chi connectivity index (χ0n) is 11.4. The highest BCUT2D eigenvalue weighted by atomic mass is 32.1. The van der Waals surface area contributed by atoms with Gasteiger partial charge >= 0.3 is 0 Å². The number of thiol groups is 1. The van der Waals surface area contributed by atoms with Crippen LogP contribution in [0.4, 0.5) is 30.7 Å². The van der Waals surface area contributed by atoms with Gasteiger partial charge in [-0.15, -0.1) is 12.6 Å². The first-order chi connectivity index (χ1) is 11.3. The lowest BCUT2D eigenvalue weighted by molar-refractivity contribution is 0.411. The van der Waals surface area contributed by atoms with E-state index in [4.69, 9.17) is 0 Å². The third-order valence-corrected chi connectivity index (χ3v) is 3.80. The maximum Gasteiger partial charge on any atom is 0.198 e. The summed E-state index contributed by atoms with van der Waals surface area (Å²) >= 11 is 3.98. The average molecular weight is 362 g/mol. The van der Waals surface area contributed by atoms with Crippen LogP contribution in [0.25, 0.3) is 21.9 Å². The van der Waals surface area contributed by atoms with Crippen LogP contribution in [-0.4, -0.2) is 0 Å². The lowest BCUT2D eigenvalue weighted by Gasteiger charge is -2.13. The van der Waals surface area contributed by atoms with Crippen molar-refractivity contribution >= 4 is 23.4 Å². The van der Waals surface area contributed by atoms with E-state index in [1.165, 1.54) is 12.1 Å². The largest absolute Gasteiger partial charge is 0.203 e. The van der Waals surface area contributed by atoms with Crippen molar-refractivity contribution in [2.75, 3.05) is 0 Å². The molecule has 0 aromatic heterocycles. The van der Waals surface area contributed by atoms with Crippen LogP contribution in [0.3, 0.4) is 0 Å². The van der Waals surface area contributed by atoms with Crippen molar-refractivity contribution in [1.82, 2.24) is 0 Å². The Kier molecular flexibility index (Phi) is 3.95. The molecule has 0 aliphatic heterocycles. The second kappa shape index (κ2) is 5.70. The molecule has 0 nitrogen and oxygen atoms in total. The highest BCUT2D eigenvalue weighted by Crippen LogP contribution is 2.39. The van der Waals surface area contributed by atoms with E-state index in [1.807, 2.05) is 0 Å². The third-order valence-electron chi connectivity index (χ3n) is 3.50. The summed E-state index contributed by atoms with van der Waals surface area (Å²) in [6.07, 6.45) is 0. The molecule has 124 valence electrons. The summed E-state index contributed by atoms with van der Waals surface area (Å²) in [4.78, 5) is 0.412. The summed E-state index contributed by atoms with van der Waals surface area (Å²) in [5.74, 6) is -14.9. The van der Waals surface area contributed by atoms with Crippen molar-refractivity contribution in [3.63, 3.8) is 0 Å². The molecule has 0 aliphatic rings. The highest BCUT2D eigenvalue weighted by molar-refractivity contribution is 7.80. The molecule has 0 spiro atoms. The van der Waals surface area contributed by atoms with Gasteiger partial charge in [0.15, 0.2) is 40.7 Å².